The fourth-order valence-electron chi connectivity index (χ4n) is 1.32. The van der Waals surface area contributed by atoms with Crippen LogP contribution in [0.3, 0.4) is 0 Å². The zero-order valence-electron chi connectivity index (χ0n) is 9.34. The van der Waals surface area contributed by atoms with Gasteiger partial charge in [-0.05, 0) is 26.0 Å². The summed E-state index contributed by atoms with van der Waals surface area (Å²) in [7, 11) is 0. The van der Waals surface area contributed by atoms with Crippen molar-refractivity contribution in [2.45, 2.75) is 20.1 Å². The van der Waals surface area contributed by atoms with Crippen molar-refractivity contribution in [1.82, 2.24) is 4.98 Å². The van der Waals surface area contributed by atoms with E-state index in [1.54, 1.807) is 12.1 Å². The number of aromatic nitrogens is 1. The molecule has 16 heavy (non-hydrogen) atoms. The lowest BCUT2D eigenvalue weighted by Crippen LogP contribution is -2.14. The summed E-state index contributed by atoms with van der Waals surface area (Å²) in [6.07, 6.45) is 0.761. The van der Waals surface area contributed by atoms with E-state index in [1.165, 1.54) is 6.20 Å². The molecule has 0 saturated heterocycles. The van der Waals surface area contributed by atoms with Crippen molar-refractivity contribution in [3.63, 3.8) is 0 Å². The minimum Gasteiger partial charge on any atom is -0.476 e. The van der Waals surface area contributed by atoms with Gasteiger partial charge in [0.25, 0.3) is 0 Å². The van der Waals surface area contributed by atoms with Crippen molar-refractivity contribution < 1.29 is 19.4 Å². The summed E-state index contributed by atoms with van der Waals surface area (Å²) >= 11 is 0. The van der Waals surface area contributed by atoms with Gasteiger partial charge >= 0.3 is 5.97 Å². The standard InChI is InChI=1S/C11H15NO4/c1-3-15-11(16-4-2)8-6-5-7-12-9(8)10(13)14/h5-7,11H,3-4H2,1-2H3,(H,13,14). The van der Waals surface area contributed by atoms with Crippen LogP contribution in [-0.2, 0) is 9.47 Å². The summed E-state index contributed by atoms with van der Waals surface area (Å²) < 4.78 is 10.7. The van der Waals surface area contributed by atoms with Crippen molar-refractivity contribution in [1.29, 1.82) is 0 Å². The van der Waals surface area contributed by atoms with Crippen LogP contribution in [0.25, 0.3) is 0 Å². The second kappa shape index (κ2) is 6.19. The van der Waals surface area contributed by atoms with Crippen LogP contribution in [0.4, 0.5) is 0 Å². The molecule has 1 aromatic rings. The van der Waals surface area contributed by atoms with Gasteiger partial charge in [0.1, 0.15) is 0 Å². The quantitative estimate of drug-likeness (QED) is 0.748. The first kappa shape index (κ1) is 12.6. The summed E-state index contributed by atoms with van der Waals surface area (Å²) in [6, 6.07) is 3.30. The Morgan fingerprint density at radius 2 is 2.06 bits per heavy atom. The molecule has 0 aliphatic rings. The predicted octanol–water partition coefficient (Wildman–Crippen LogP) is 1.85. The summed E-state index contributed by atoms with van der Waals surface area (Å²) in [5, 5.41) is 8.98. The highest BCUT2D eigenvalue weighted by molar-refractivity contribution is 5.87. The molecule has 0 amide bonds. The fraction of sp³-hybridized carbons (Fsp3) is 0.455. The van der Waals surface area contributed by atoms with Crippen LogP contribution in [0.2, 0.25) is 0 Å². The fourth-order valence-corrected chi connectivity index (χ4v) is 1.32. The minimum absolute atomic E-state index is 0.0330. The molecule has 0 saturated carbocycles. The van der Waals surface area contributed by atoms with Crippen LogP contribution < -0.4 is 0 Å². The lowest BCUT2D eigenvalue weighted by Gasteiger charge is -2.18. The number of pyridine rings is 1. The molecule has 1 heterocycles. The van der Waals surface area contributed by atoms with Gasteiger partial charge in [0.15, 0.2) is 12.0 Å². The summed E-state index contributed by atoms with van der Waals surface area (Å²) in [6.45, 7) is 4.53. The first-order valence-electron chi connectivity index (χ1n) is 5.12. The monoisotopic (exact) mass is 225 g/mol. The number of carboxylic acid groups (broad SMARTS) is 1. The molecule has 0 atom stereocenters. The summed E-state index contributed by atoms with van der Waals surface area (Å²) in [5.41, 5.74) is 0.410. The maximum atomic E-state index is 11.0. The number of carboxylic acids is 1. The highest BCUT2D eigenvalue weighted by Crippen LogP contribution is 2.21. The molecule has 0 spiro atoms. The van der Waals surface area contributed by atoms with Crippen LogP contribution >= 0.6 is 0 Å². The minimum atomic E-state index is -1.08. The van der Waals surface area contributed by atoms with Gasteiger partial charge in [-0.3, -0.25) is 0 Å². The van der Waals surface area contributed by atoms with Crippen molar-refractivity contribution in [2.24, 2.45) is 0 Å². The number of ether oxygens (including phenoxy) is 2. The SMILES string of the molecule is CCOC(OCC)c1cccnc1C(=O)O. The van der Waals surface area contributed by atoms with Gasteiger partial charge in [-0.15, -0.1) is 0 Å². The van der Waals surface area contributed by atoms with Gasteiger partial charge in [0.2, 0.25) is 0 Å². The van der Waals surface area contributed by atoms with Gasteiger partial charge in [-0.25, -0.2) is 9.78 Å². The molecule has 1 rings (SSSR count). The van der Waals surface area contributed by atoms with Gasteiger partial charge in [-0.2, -0.15) is 0 Å². The summed E-state index contributed by atoms with van der Waals surface area (Å²) in [4.78, 5) is 14.8. The second-order valence-electron chi connectivity index (χ2n) is 2.99. The number of hydrogen-bond donors (Lipinski definition) is 1. The molecule has 0 aliphatic heterocycles. The molecule has 0 aromatic carbocycles. The largest absolute Gasteiger partial charge is 0.476 e. The number of nitrogens with zero attached hydrogens (tertiary/aromatic N) is 1. The highest BCUT2D eigenvalue weighted by Gasteiger charge is 2.20. The number of rotatable bonds is 6. The maximum absolute atomic E-state index is 11.0. The molecule has 0 radical (unpaired) electrons. The van der Waals surface area contributed by atoms with Crippen LogP contribution in [0.5, 0.6) is 0 Å². The van der Waals surface area contributed by atoms with Crippen molar-refractivity contribution in [3.05, 3.63) is 29.6 Å². The van der Waals surface area contributed by atoms with Crippen molar-refractivity contribution >= 4 is 5.97 Å². The lowest BCUT2D eigenvalue weighted by atomic mass is 10.2. The molecule has 5 heteroatoms. The Morgan fingerprint density at radius 1 is 1.44 bits per heavy atom. The Labute approximate surface area is 94.0 Å². The lowest BCUT2D eigenvalue weighted by molar-refractivity contribution is -0.140. The first-order chi connectivity index (χ1) is 7.70. The second-order valence-corrected chi connectivity index (χ2v) is 2.99. The average molecular weight is 225 g/mol. The molecule has 1 aromatic heterocycles. The molecule has 0 aliphatic carbocycles. The van der Waals surface area contributed by atoms with E-state index in [0.717, 1.165) is 0 Å². The average Bonchev–Trinajstić information content (AvgIpc) is 2.29. The van der Waals surface area contributed by atoms with Crippen molar-refractivity contribution in [2.75, 3.05) is 13.2 Å². The Balaban J connectivity index is 3.02. The van der Waals surface area contributed by atoms with E-state index < -0.39 is 12.3 Å². The van der Waals surface area contributed by atoms with Gasteiger partial charge < -0.3 is 14.6 Å². The molecule has 88 valence electrons. The van der Waals surface area contributed by atoms with E-state index in [-0.39, 0.29) is 5.69 Å². The van der Waals surface area contributed by atoms with Crippen LogP contribution in [0.1, 0.15) is 36.2 Å². The molecule has 0 unspecified atom stereocenters. The van der Waals surface area contributed by atoms with Crippen LogP contribution in [0.15, 0.2) is 18.3 Å². The molecular formula is C11H15NO4. The normalized spacial score (nSPS) is 10.7. The molecule has 5 nitrogen and oxygen atoms in total. The van der Waals surface area contributed by atoms with Gasteiger partial charge in [-0.1, -0.05) is 0 Å². The van der Waals surface area contributed by atoms with E-state index >= 15 is 0 Å². The van der Waals surface area contributed by atoms with E-state index in [1.807, 2.05) is 13.8 Å². The Bertz CT molecular complexity index is 348. The summed E-state index contributed by atoms with van der Waals surface area (Å²) in [5.74, 6) is -1.08. The third-order valence-electron chi connectivity index (χ3n) is 1.93. The van der Waals surface area contributed by atoms with Crippen molar-refractivity contribution in [3.8, 4) is 0 Å². The zero-order valence-corrected chi connectivity index (χ0v) is 9.34. The first-order valence-corrected chi connectivity index (χ1v) is 5.12. The molecule has 0 fully saturated rings. The third-order valence-corrected chi connectivity index (χ3v) is 1.93. The Hall–Kier alpha value is -1.46. The molecular weight excluding hydrogens is 210 g/mol. The van der Waals surface area contributed by atoms with Crippen LogP contribution in [-0.4, -0.2) is 29.3 Å². The zero-order chi connectivity index (χ0) is 12.0. The number of aromatic carboxylic acids is 1. The topological polar surface area (TPSA) is 68.7 Å². The van der Waals surface area contributed by atoms with Crippen LogP contribution in [0, 0.1) is 0 Å². The number of hydrogen-bond acceptors (Lipinski definition) is 4. The Kier molecular flexibility index (Phi) is 4.88. The Morgan fingerprint density at radius 3 is 2.56 bits per heavy atom. The highest BCUT2D eigenvalue weighted by atomic mass is 16.7. The van der Waals surface area contributed by atoms with E-state index in [4.69, 9.17) is 14.6 Å². The molecule has 1 N–H and O–H groups in total. The van der Waals surface area contributed by atoms with Gasteiger partial charge in [0, 0.05) is 25.0 Å². The number of carbonyl (C=O) groups is 1. The third kappa shape index (κ3) is 3.01. The smallest absolute Gasteiger partial charge is 0.354 e. The van der Waals surface area contributed by atoms with E-state index in [9.17, 15) is 4.79 Å². The predicted molar refractivity (Wildman–Crippen MR) is 57.2 cm³/mol. The molecule has 0 bridgehead atoms. The van der Waals surface area contributed by atoms with Gasteiger partial charge in [0.05, 0.1) is 0 Å². The van der Waals surface area contributed by atoms with E-state index in [2.05, 4.69) is 4.98 Å². The maximum Gasteiger partial charge on any atom is 0.354 e. The van der Waals surface area contributed by atoms with E-state index in [0.29, 0.717) is 18.8 Å².